The van der Waals surface area contributed by atoms with E-state index < -0.39 is 0 Å². The van der Waals surface area contributed by atoms with Crippen LogP contribution in [0, 0.1) is 0 Å². The van der Waals surface area contributed by atoms with Gasteiger partial charge in [-0.1, -0.05) is 140 Å². The molecule has 0 aliphatic heterocycles. The number of nitrogens with zero attached hydrogens (tertiary/aromatic N) is 6. The number of rotatable bonds is 6. The number of para-hydroxylation sites is 4. The molecule has 296 valence electrons. The fraction of sp³-hybridized carbons (Fsp3) is 0.0351. The zero-order chi connectivity index (χ0) is 41.4. The molecular formula is C57H38N6. The molecule has 0 amide bonds. The number of aryl methyl sites for hydroxylation is 1. The third-order valence-corrected chi connectivity index (χ3v) is 12.8. The van der Waals surface area contributed by atoms with Gasteiger partial charge >= 0.3 is 0 Å². The molecule has 0 saturated carbocycles. The standard InChI is InChI=1S/C57H38N6/c1-4-18-37(19-5-1)41-24-10-14-28-48(41)62-50-30-16-12-26-43(50)46-36-54-47(35-53(46)62)44-27-13-17-31-51(44)63(54)57-59-55(38-20-6-2-7-21-38)58-56(60-57)39-32-33-52-45(34-39)42-25-11-15-29-49(42)61(52)40-22-8-3-9-23-40/h1-11,13-25,27-36H,12,26H2. The first-order valence-electron chi connectivity index (χ1n) is 21.6. The smallest absolute Gasteiger partial charge is 0.238 e. The second-order valence-electron chi connectivity index (χ2n) is 16.3. The first-order chi connectivity index (χ1) is 31.3. The summed E-state index contributed by atoms with van der Waals surface area (Å²) in [6.45, 7) is 0. The fourth-order valence-corrected chi connectivity index (χ4v) is 9.98. The van der Waals surface area contributed by atoms with Crippen molar-refractivity contribution < 1.29 is 0 Å². The van der Waals surface area contributed by atoms with E-state index in [1.807, 2.05) is 18.2 Å². The molecule has 4 heterocycles. The molecule has 1 aliphatic carbocycles. The predicted octanol–water partition coefficient (Wildman–Crippen LogP) is 14.0. The molecule has 13 rings (SSSR count). The van der Waals surface area contributed by atoms with Gasteiger partial charge in [-0.2, -0.15) is 9.97 Å². The van der Waals surface area contributed by atoms with Gasteiger partial charge in [-0.3, -0.25) is 4.57 Å². The van der Waals surface area contributed by atoms with Crippen LogP contribution in [0.4, 0.5) is 0 Å². The van der Waals surface area contributed by atoms with E-state index in [4.69, 9.17) is 15.0 Å². The van der Waals surface area contributed by atoms with Crippen molar-refractivity contribution in [2.24, 2.45) is 0 Å². The van der Waals surface area contributed by atoms with Gasteiger partial charge in [-0.15, -0.1) is 0 Å². The Labute approximate surface area is 363 Å². The Kier molecular flexibility index (Phi) is 7.93. The van der Waals surface area contributed by atoms with Gasteiger partial charge in [-0.05, 0) is 90.7 Å². The third-order valence-electron chi connectivity index (χ3n) is 12.8. The lowest BCUT2D eigenvalue weighted by molar-refractivity contribution is 0.953. The molecule has 0 bridgehead atoms. The van der Waals surface area contributed by atoms with E-state index in [0.717, 1.165) is 67.9 Å². The lowest BCUT2D eigenvalue weighted by atomic mass is 10.00. The molecule has 0 spiro atoms. The van der Waals surface area contributed by atoms with Gasteiger partial charge in [0.1, 0.15) is 0 Å². The Balaban J connectivity index is 1.07. The average Bonchev–Trinajstić information content (AvgIpc) is 3.99. The minimum absolute atomic E-state index is 0.582. The van der Waals surface area contributed by atoms with E-state index in [1.165, 1.54) is 44.4 Å². The van der Waals surface area contributed by atoms with Gasteiger partial charge in [0.15, 0.2) is 11.6 Å². The maximum absolute atomic E-state index is 5.41. The van der Waals surface area contributed by atoms with Crippen molar-refractivity contribution in [3.63, 3.8) is 0 Å². The highest BCUT2D eigenvalue weighted by molar-refractivity contribution is 6.14. The van der Waals surface area contributed by atoms with Gasteiger partial charge in [0, 0.05) is 55.0 Å². The van der Waals surface area contributed by atoms with E-state index in [9.17, 15) is 0 Å². The van der Waals surface area contributed by atoms with E-state index in [2.05, 4.69) is 202 Å². The molecule has 4 aromatic heterocycles. The Bertz CT molecular complexity index is 3780. The van der Waals surface area contributed by atoms with Crippen molar-refractivity contribution >= 4 is 60.6 Å². The van der Waals surface area contributed by atoms with Gasteiger partial charge < -0.3 is 9.13 Å². The van der Waals surface area contributed by atoms with E-state index in [1.54, 1.807) is 0 Å². The van der Waals surface area contributed by atoms with Crippen LogP contribution in [-0.2, 0) is 6.42 Å². The fourth-order valence-electron chi connectivity index (χ4n) is 9.98. The summed E-state index contributed by atoms with van der Waals surface area (Å²) in [6.07, 6.45) is 6.59. The second kappa shape index (κ2) is 14.1. The molecule has 6 nitrogen and oxygen atoms in total. The van der Waals surface area contributed by atoms with Crippen molar-refractivity contribution in [2.75, 3.05) is 0 Å². The van der Waals surface area contributed by atoms with Crippen LogP contribution < -0.4 is 0 Å². The molecule has 12 aromatic rings. The van der Waals surface area contributed by atoms with Crippen LogP contribution in [0.5, 0.6) is 0 Å². The van der Waals surface area contributed by atoms with Crippen LogP contribution in [-0.4, -0.2) is 28.7 Å². The first kappa shape index (κ1) is 35.4. The molecule has 0 fully saturated rings. The second-order valence-corrected chi connectivity index (χ2v) is 16.3. The topological polar surface area (TPSA) is 53.5 Å². The lowest BCUT2D eigenvalue weighted by Gasteiger charge is -2.16. The highest BCUT2D eigenvalue weighted by Crippen LogP contribution is 2.42. The summed E-state index contributed by atoms with van der Waals surface area (Å²) in [6, 6.07) is 69.0. The van der Waals surface area contributed by atoms with Gasteiger partial charge in [0.2, 0.25) is 5.95 Å². The number of allylic oxidation sites excluding steroid dienone is 1. The largest absolute Gasteiger partial charge is 0.309 e. The Morgan fingerprint density at radius 2 is 0.952 bits per heavy atom. The summed E-state index contributed by atoms with van der Waals surface area (Å²) in [5, 5.41) is 5.86. The Morgan fingerprint density at radius 1 is 0.381 bits per heavy atom. The maximum atomic E-state index is 5.41. The van der Waals surface area contributed by atoms with Gasteiger partial charge in [-0.25, -0.2) is 4.98 Å². The van der Waals surface area contributed by atoms with Crippen molar-refractivity contribution in [1.82, 2.24) is 28.7 Å². The summed E-state index contributed by atoms with van der Waals surface area (Å²) in [4.78, 5) is 15.9. The summed E-state index contributed by atoms with van der Waals surface area (Å²) < 4.78 is 7.07. The van der Waals surface area contributed by atoms with Crippen LogP contribution in [0.2, 0.25) is 0 Å². The third kappa shape index (κ3) is 5.55. The van der Waals surface area contributed by atoms with Gasteiger partial charge in [0.25, 0.3) is 0 Å². The zero-order valence-corrected chi connectivity index (χ0v) is 34.2. The van der Waals surface area contributed by atoms with E-state index in [0.29, 0.717) is 17.6 Å². The van der Waals surface area contributed by atoms with Crippen LogP contribution >= 0.6 is 0 Å². The molecule has 0 unspecified atom stereocenters. The highest BCUT2D eigenvalue weighted by atomic mass is 15.2. The van der Waals surface area contributed by atoms with Crippen molar-refractivity contribution in [1.29, 1.82) is 0 Å². The van der Waals surface area contributed by atoms with Crippen LogP contribution in [0.15, 0.2) is 200 Å². The highest BCUT2D eigenvalue weighted by Gasteiger charge is 2.25. The molecule has 8 aromatic carbocycles. The molecule has 0 saturated heterocycles. The number of fused-ring (bicyclic) bond motifs is 9. The lowest BCUT2D eigenvalue weighted by Crippen LogP contribution is -2.06. The van der Waals surface area contributed by atoms with Crippen molar-refractivity contribution in [3.8, 4) is 51.2 Å². The monoisotopic (exact) mass is 806 g/mol. The maximum Gasteiger partial charge on any atom is 0.238 e. The summed E-state index contributed by atoms with van der Waals surface area (Å²) in [5.74, 6) is 1.83. The van der Waals surface area contributed by atoms with Crippen LogP contribution in [0.1, 0.15) is 17.7 Å². The Morgan fingerprint density at radius 3 is 1.71 bits per heavy atom. The summed E-state index contributed by atoms with van der Waals surface area (Å²) in [7, 11) is 0. The van der Waals surface area contributed by atoms with E-state index in [-0.39, 0.29) is 0 Å². The molecule has 0 N–H and O–H groups in total. The van der Waals surface area contributed by atoms with Crippen molar-refractivity contribution in [2.45, 2.75) is 12.8 Å². The Hall–Kier alpha value is -8.35. The molecule has 0 radical (unpaired) electrons. The number of benzene rings is 8. The molecule has 1 aliphatic rings. The van der Waals surface area contributed by atoms with E-state index >= 15 is 0 Å². The molecule has 6 heteroatoms. The predicted molar refractivity (Wildman–Crippen MR) is 259 cm³/mol. The SMILES string of the molecule is C1=Cc2c(c3cc4c(cc3n2-c2ccccc2-c2ccccc2)c2ccccc2n4-c2nc(-c3ccccc3)nc(-c3ccc4c(c3)c3ccccc3n4-c3ccccc3)n2)CC1. The quantitative estimate of drug-likeness (QED) is 0.168. The first-order valence-corrected chi connectivity index (χ1v) is 21.6. The zero-order valence-electron chi connectivity index (χ0n) is 34.2. The average molecular weight is 807 g/mol. The molecular weight excluding hydrogens is 769 g/mol. The van der Waals surface area contributed by atoms with Gasteiger partial charge in [0.05, 0.1) is 33.3 Å². The summed E-state index contributed by atoms with van der Waals surface area (Å²) >= 11 is 0. The number of hydrogen-bond donors (Lipinski definition) is 0. The van der Waals surface area contributed by atoms with Crippen molar-refractivity contribution in [3.05, 3.63) is 211 Å². The van der Waals surface area contributed by atoms with Crippen LogP contribution in [0.25, 0.3) is 112 Å². The minimum atomic E-state index is 0.582. The minimum Gasteiger partial charge on any atom is -0.309 e. The summed E-state index contributed by atoms with van der Waals surface area (Å²) in [5.41, 5.74) is 14.7. The normalized spacial score (nSPS) is 12.6. The van der Waals surface area contributed by atoms with Crippen LogP contribution in [0.3, 0.4) is 0 Å². The molecule has 63 heavy (non-hydrogen) atoms. The number of aromatic nitrogens is 6. The number of hydrogen-bond acceptors (Lipinski definition) is 3. The molecule has 0 atom stereocenters.